The van der Waals surface area contributed by atoms with Crippen LogP contribution in [0, 0.1) is 5.41 Å². The average molecular weight is 242 g/mol. The number of hydrogen-bond donors (Lipinski definition) is 1. The Morgan fingerprint density at radius 3 is 2.50 bits per heavy atom. The van der Waals surface area contributed by atoms with Crippen molar-refractivity contribution in [3.63, 3.8) is 0 Å². The molecule has 1 aliphatic rings. The molecule has 2 aromatic carbocycles. The molecule has 0 bridgehead atoms. The minimum absolute atomic E-state index is 0.0259. The van der Waals surface area contributed by atoms with E-state index in [0.717, 1.165) is 10.8 Å². The lowest BCUT2D eigenvalue weighted by molar-refractivity contribution is -0.109. The molecular formula is C15H14O3. The lowest BCUT2D eigenvalue weighted by Gasteiger charge is -2.38. The Kier molecular flexibility index (Phi) is 2.65. The van der Waals surface area contributed by atoms with Gasteiger partial charge in [-0.2, -0.15) is 0 Å². The summed E-state index contributed by atoms with van der Waals surface area (Å²) < 4.78 is 5.08. The van der Waals surface area contributed by atoms with E-state index in [4.69, 9.17) is 4.74 Å². The first-order chi connectivity index (χ1) is 8.75. The largest absolute Gasteiger partial charge is 0.395 e. The zero-order chi connectivity index (χ0) is 12.6. The molecule has 0 atom stereocenters. The van der Waals surface area contributed by atoms with Crippen molar-refractivity contribution >= 4 is 16.6 Å². The predicted molar refractivity (Wildman–Crippen MR) is 68.6 cm³/mol. The summed E-state index contributed by atoms with van der Waals surface area (Å²) in [6.07, 6.45) is 0. The summed E-state index contributed by atoms with van der Waals surface area (Å²) in [7, 11) is 0. The van der Waals surface area contributed by atoms with Gasteiger partial charge in [0.25, 0.3) is 0 Å². The molecule has 3 rings (SSSR count). The Hall–Kier alpha value is -1.71. The first-order valence-electron chi connectivity index (χ1n) is 5.97. The highest BCUT2D eigenvalue weighted by molar-refractivity contribution is 6.04. The van der Waals surface area contributed by atoms with E-state index in [-0.39, 0.29) is 12.4 Å². The van der Waals surface area contributed by atoms with E-state index in [0.29, 0.717) is 18.8 Å². The Morgan fingerprint density at radius 2 is 1.89 bits per heavy atom. The molecule has 0 saturated carbocycles. The zero-order valence-electron chi connectivity index (χ0n) is 9.93. The smallest absolute Gasteiger partial charge is 0.175 e. The van der Waals surface area contributed by atoms with Crippen LogP contribution in [0.2, 0.25) is 0 Å². The number of aliphatic hydroxyl groups excluding tert-OH is 1. The maximum atomic E-state index is 12.4. The van der Waals surface area contributed by atoms with Gasteiger partial charge in [-0.05, 0) is 16.8 Å². The van der Waals surface area contributed by atoms with Crippen LogP contribution in [0.3, 0.4) is 0 Å². The Bertz CT molecular complexity index is 594. The number of rotatable bonds is 3. The van der Waals surface area contributed by atoms with Crippen LogP contribution in [0.5, 0.6) is 0 Å². The van der Waals surface area contributed by atoms with Gasteiger partial charge < -0.3 is 9.84 Å². The summed E-state index contributed by atoms with van der Waals surface area (Å²) in [6, 6.07) is 13.6. The lowest BCUT2D eigenvalue weighted by Crippen LogP contribution is -2.51. The van der Waals surface area contributed by atoms with Gasteiger partial charge in [0.2, 0.25) is 0 Å². The van der Waals surface area contributed by atoms with Crippen LogP contribution in [-0.2, 0) is 4.74 Å². The van der Waals surface area contributed by atoms with Crippen molar-refractivity contribution < 1.29 is 14.6 Å². The number of carbonyl (C=O) groups is 1. The Balaban J connectivity index is 2.01. The van der Waals surface area contributed by atoms with Crippen molar-refractivity contribution in [3.05, 3.63) is 48.0 Å². The van der Waals surface area contributed by atoms with Gasteiger partial charge in [-0.1, -0.05) is 36.4 Å². The number of carbonyl (C=O) groups excluding carboxylic acids is 1. The highest BCUT2D eigenvalue weighted by Crippen LogP contribution is 2.32. The molecule has 2 aromatic rings. The predicted octanol–water partition coefficient (Wildman–Crippen LogP) is 2.03. The molecule has 0 spiro atoms. The van der Waals surface area contributed by atoms with Gasteiger partial charge in [0, 0.05) is 5.56 Å². The summed E-state index contributed by atoms with van der Waals surface area (Å²) >= 11 is 0. The van der Waals surface area contributed by atoms with E-state index in [1.165, 1.54) is 0 Å². The molecule has 18 heavy (non-hydrogen) atoms. The molecule has 1 fully saturated rings. The van der Waals surface area contributed by atoms with Crippen molar-refractivity contribution in [3.8, 4) is 0 Å². The van der Waals surface area contributed by atoms with Crippen LogP contribution in [-0.4, -0.2) is 30.7 Å². The van der Waals surface area contributed by atoms with Crippen LogP contribution >= 0.6 is 0 Å². The molecule has 1 saturated heterocycles. The third kappa shape index (κ3) is 1.64. The van der Waals surface area contributed by atoms with Crippen LogP contribution in [0.4, 0.5) is 0 Å². The molecule has 3 nitrogen and oxygen atoms in total. The van der Waals surface area contributed by atoms with Crippen molar-refractivity contribution in [1.29, 1.82) is 0 Å². The van der Waals surface area contributed by atoms with E-state index >= 15 is 0 Å². The van der Waals surface area contributed by atoms with Crippen LogP contribution in [0.25, 0.3) is 10.8 Å². The summed E-state index contributed by atoms with van der Waals surface area (Å²) in [5.74, 6) is -0.0259. The number of ether oxygens (including phenoxy) is 1. The molecule has 1 N–H and O–H groups in total. The van der Waals surface area contributed by atoms with Gasteiger partial charge in [0.15, 0.2) is 5.78 Å². The van der Waals surface area contributed by atoms with Crippen LogP contribution in [0.1, 0.15) is 10.4 Å². The van der Waals surface area contributed by atoms with Gasteiger partial charge in [0.05, 0.1) is 19.8 Å². The van der Waals surface area contributed by atoms with Gasteiger partial charge in [-0.3, -0.25) is 4.79 Å². The second-order valence-corrected chi connectivity index (χ2v) is 4.82. The molecule has 0 amide bonds. The number of benzene rings is 2. The van der Waals surface area contributed by atoms with E-state index in [9.17, 15) is 9.90 Å². The molecule has 0 unspecified atom stereocenters. The fourth-order valence-electron chi connectivity index (χ4n) is 2.28. The Labute approximate surface area is 105 Å². The third-order valence-electron chi connectivity index (χ3n) is 3.55. The summed E-state index contributed by atoms with van der Waals surface area (Å²) in [5, 5.41) is 11.5. The van der Waals surface area contributed by atoms with E-state index in [1.54, 1.807) is 0 Å². The van der Waals surface area contributed by atoms with Crippen molar-refractivity contribution in [1.82, 2.24) is 0 Å². The molecule has 0 aliphatic carbocycles. The highest BCUT2D eigenvalue weighted by Gasteiger charge is 2.45. The normalized spacial score (nSPS) is 17.4. The Morgan fingerprint density at radius 1 is 1.17 bits per heavy atom. The third-order valence-corrected chi connectivity index (χ3v) is 3.55. The first-order valence-corrected chi connectivity index (χ1v) is 5.97. The number of fused-ring (bicyclic) bond motifs is 1. The summed E-state index contributed by atoms with van der Waals surface area (Å²) in [5.41, 5.74) is -0.0753. The van der Waals surface area contributed by atoms with Gasteiger partial charge in [-0.15, -0.1) is 0 Å². The number of ketones is 1. The molecule has 0 radical (unpaired) electrons. The monoisotopic (exact) mass is 242 g/mol. The molecule has 3 heteroatoms. The van der Waals surface area contributed by atoms with Crippen LogP contribution < -0.4 is 0 Å². The standard InChI is InChI=1S/C15H14O3/c16-8-15(9-18-10-15)14(17)13-6-5-11-3-1-2-4-12(11)7-13/h1-7,16H,8-10H2. The second-order valence-electron chi connectivity index (χ2n) is 4.82. The fourth-order valence-corrected chi connectivity index (χ4v) is 2.28. The van der Waals surface area contributed by atoms with E-state index < -0.39 is 5.41 Å². The summed E-state index contributed by atoms with van der Waals surface area (Å²) in [4.78, 5) is 12.4. The maximum absolute atomic E-state index is 12.4. The minimum Gasteiger partial charge on any atom is -0.395 e. The van der Waals surface area contributed by atoms with E-state index in [2.05, 4.69) is 0 Å². The van der Waals surface area contributed by atoms with Gasteiger partial charge in [0.1, 0.15) is 5.41 Å². The van der Waals surface area contributed by atoms with Gasteiger partial charge in [-0.25, -0.2) is 0 Å². The highest BCUT2D eigenvalue weighted by atomic mass is 16.5. The number of Topliss-reactive ketones (excluding diaryl/α,β-unsaturated/α-hetero) is 1. The SMILES string of the molecule is O=C(c1ccc2ccccc2c1)C1(CO)COC1. The lowest BCUT2D eigenvalue weighted by atomic mass is 9.79. The maximum Gasteiger partial charge on any atom is 0.175 e. The zero-order valence-corrected chi connectivity index (χ0v) is 9.93. The number of hydrogen-bond acceptors (Lipinski definition) is 3. The van der Waals surface area contributed by atoms with Crippen molar-refractivity contribution in [2.75, 3.05) is 19.8 Å². The fraction of sp³-hybridized carbons (Fsp3) is 0.267. The topological polar surface area (TPSA) is 46.5 Å². The van der Waals surface area contributed by atoms with Crippen molar-refractivity contribution in [2.24, 2.45) is 5.41 Å². The molecule has 92 valence electrons. The summed E-state index contributed by atoms with van der Waals surface area (Å²) in [6.45, 7) is 0.475. The van der Waals surface area contributed by atoms with E-state index in [1.807, 2.05) is 42.5 Å². The number of aliphatic hydroxyl groups is 1. The first kappa shape index (κ1) is 11.4. The van der Waals surface area contributed by atoms with Crippen molar-refractivity contribution in [2.45, 2.75) is 0 Å². The van der Waals surface area contributed by atoms with Gasteiger partial charge >= 0.3 is 0 Å². The second kappa shape index (κ2) is 4.19. The molecular weight excluding hydrogens is 228 g/mol. The minimum atomic E-state index is -0.720. The van der Waals surface area contributed by atoms with Crippen LogP contribution in [0.15, 0.2) is 42.5 Å². The molecule has 1 aliphatic heterocycles. The average Bonchev–Trinajstić information content (AvgIpc) is 2.37. The quantitative estimate of drug-likeness (QED) is 0.838. The molecule has 0 aromatic heterocycles. The molecule has 1 heterocycles.